The van der Waals surface area contributed by atoms with Crippen molar-refractivity contribution in [2.45, 2.75) is 5.41 Å². The molecule has 302 valence electrons. The van der Waals surface area contributed by atoms with Crippen molar-refractivity contribution in [2.24, 2.45) is 0 Å². The standard InChI is InChI=1S/C61H36N2O2/c1-2-15-37(16-3-1)63-54-36-39(29-31-42(54)45-32-33-46-43-19-7-13-28-56(43)65-60(46)59(45)63)62(38-30-34-57-48(35-38)44-20-8-12-27-55(44)64-57)53-26-14-25-52-58(53)47-21-6-11-24-51(47)61(52)49-22-9-4-17-40(49)41-18-5-10-23-50(41)61/h1-36H. The van der Waals surface area contributed by atoms with E-state index in [1.165, 1.54) is 44.5 Å². The van der Waals surface area contributed by atoms with E-state index in [-0.39, 0.29) is 0 Å². The number of benzene rings is 10. The van der Waals surface area contributed by atoms with Crippen LogP contribution in [0, 0.1) is 0 Å². The van der Waals surface area contributed by atoms with Gasteiger partial charge in [0.25, 0.3) is 0 Å². The molecule has 0 N–H and O–H groups in total. The molecule has 0 amide bonds. The number of aromatic nitrogens is 1. The first kappa shape index (κ1) is 34.9. The van der Waals surface area contributed by atoms with Gasteiger partial charge < -0.3 is 18.3 Å². The topological polar surface area (TPSA) is 34.5 Å². The van der Waals surface area contributed by atoms with Gasteiger partial charge in [0.15, 0.2) is 5.58 Å². The van der Waals surface area contributed by atoms with Crippen LogP contribution < -0.4 is 4.90 Å². The number of anilines is 3. The van der Waals surface area contributed by atoms with Gasteiger partial charge in [0.2, 0.25) is 0 Å². The van der Waals surface area contributed by atoms with Crippen LogP contribution in [0.2, 0.25) is 0 Å². The quantitative estimate of drug-likeness (QED) is 0.177. The molecule has 0 radical (unpaired) electrons. The zero-order valence-electron chi connectivity index (χ0n) is 35.0. The van der Waals surface area contributed by atoms with Gasteiger partial charge in [-0.25, -0.2) is 0 Å². The number of rotatable bonds is 4. The average molecular weight is 829 g/mol. The minimum Gasteiger partial charge on any atom is -0.456 e. The van der Waals surface area contributed by atoms with E-state index in [9.17, 15) is 0 Å². The van der Waals surface area contributed by atoms with Gasteiger partial charge in [-0.1, -0.05) is 152 Å². The Labute approximate surface area is 373 Å². The van der Waals surface area contributed by atoms with Crippen LogP contribution in [0.25, 0.3) is 93.6 Å². The Hall–Kier alpha value is -8.60. The summed E-state index contributed by atoms with van der Waals surface area (Å²) < 4.78 is 15.6. The molecule has 1 spiro atoms. The molecule has 4 nitrogen and oxygen atoms in total. The van der Waals surface area contributed by atoms with Crippen LogP contribution in [-0.2, 0) is 5.41 Å². The van der Waals surface area contributed by atoms with Crippen molar-refractivity contribution in [2.75, 3.05) is 4.90 Å². The van der Waals surface area contributed by atoms with E-state index in [2.05, 4.69) is 216 Å². The smallest absolute Gasteiger partial charge is 0.160 e. The Bertz CT molecular complexity index is 4100. The van der Waals surface area contributed by atoms with Crippen molar-refractivity contribution in [3.63, 3.8) is 0 Å². The molecule has 0 atom stereocenters. The van der Waals surface area contributed by atoms with Crippen LogP contribution in [0.4, 0.5) is 17.1 Å². The van der Waals surface area contributed by atoms with Crippen LogP contribution in [-0.4, -0.2) is 4.57 Å². The Kier molecular flexibility index (Phi) is 6.85. The van der Waals surface area contributed by atoms with Gasteiger partial charge in [0, 0.05) is 54.9 Å². The monoisotopic (exact) mass is 828 g/mol. The Morgan fingerprint density at radius 3 is 1.69 bits per heavy atom. The molecule has 15 rings (SSSR count). The van der Waals surface area contributed by atoms with Gasteiger partial charge in [-0.05, 0) is 106 Å². The lowest BCUT2D eigenvalue weighted by molar-refractivity contribution is 0.669. The number of para-hydroxylation sites is 3. The third-order valence-corrected chi connectivity index (χ3v) is 14.4. The van der Waals surface area contributed by atoms with E-state index < -0.39 is 5.41 Å². The fourth-order valence-corrected chi connectivity index (χ4v) is 11.8. The van der Waals surface area contributed by atoms with Gasteiger partial charge in [-0.3, -0.25) is 0 Å². The minimum atomic E-state index is -0.479. The van der Waals surface area contributed by atoms with Crippen molar-refractivity contribution >= 4 is 82.7 Å². The van der Waals surface area contributed by atoms with Gasteiger partial charge in [0.05, 0.1) is 22.1 Å². The minimum absolute atomic E-state index is 0.479. The molecule has 3 aromatic heterocycles. The summed E-state index contributed by atoms with van der Waals surface area (Å²) in [6.45, 7) is 0. The molecule has 13 aromatic rings. The molecule has 65 heavy (non-hydrogen) atoms. The number of hydrogen-bond donors (Lipinski definition) is 0. The summed E-state index contributed by atoms with van der Waals surface area (Å²) in [6, 6.07) is 79.6. The van der Waals surface area contributed by atoms with E-state index in [4.69, 9.17) is 8.83 Å². The number of furan rings is 2. The predicted molar refractivity (Wildman–Crippen MR) is 266 cm³/mol. The third kappa shape index (κ3) is 4.50. The highest BCUT2D eigenvalue weighted by atomic mass is 16.3. The zero-order chi connectivity index (χ0) is 42.4. The van der Waals surface area contributed by atoms with Crippen molar-refractivity contribution in [1.29, 1.82) is 0 Å². The van der Waals surface area contributed by atoms with Gasteiger partial charge >= 0.3 is 0 Å². The fraction of sp³-hybridized carbons (Fsp3) is 0.0164. The molecular weight excluding hydrogens is 793 g/mol. The van der Waals surface area contributed by atoms with Crippen LogP contribution in [0.5, 0.6) is 0 Å². The number of nitrogens with zero attached hydrogens (tertiary/aromatic N) is 2. The van der Waals surface area contributed by atoms with E-state index >= 15 is 0 Å². The molecule has 0 saturated carbocycles. The fourth-order valence-electron chi connectivity index (χ4n) is 11.8. The van der Waals surface area contributed by atoms with Crippen molar-refractivity contribution in [1.82, 2.24) is 4.57 Å². The third-order valence-electron chi connectivity index (χ3n) is 14.4. The molecule has 3 heterocycles. The van der Waals surface area contributed by atoms with Crippen LogP contribution >= 0.6 is 0 Å². The molecule has 0 unspecified atom stereocenters. The Morgan fingerprint density at radius 1 is 0.369 bits per heavy atom. The Morgan fingerprint density at radius 2 is 0.923 bits per heavy atom. The highest BCUT2D eigenvalue weighted by molar-refractivity contribution is 6.22. The second-order valence-corrected chi connectivity index (χ2v) is 17.5. The molecule has 0 saturated heterocycles. The van der Waals surface area contributed by atoms with Gasteiger partial charge in [-0.15, -0.1) is 0 Å². The maximum absolute atomic E-state index is 6.78. The van der Waals surface area contributed by atoms with E-state index in [1.54, 1.807) is 0 Å². The van der Waals surface area contributed by atoms with E-state index in [0.717, 1.165) is 88.4 Å². The highest BCUT2D eigenvalue weighted by Crippen LogP contribution is 2.64. The molecular formula is C61H36N2O2. The highest BCUT2D eigenvalue weighted by Gasteiger charge is 2.52. The van der Waals surface area contributed by atoms with Crippen molar-refractivity contribution < 1.29 is 8.83 Å². The van der Waals surface area contributed by atoms with Crippen LogP contribution in [0.1, 0.15) is 22.3 Å². The summed E-state index contributed by atoms with van der Waals surface area (Å²) in [5.74, 6) is 0. The summed E-state index contributed by atoms with van der Waals surface area (Å²) in [7, 11) is 0. The lowest BCUT2D eigenvalue weighted by atomic mass is 9.70. The molecule has 0 bridgehead atoms. The second-order valence-electron chi connectivity index (χ2n) is 17.5. The molecule has 2 aliphatic carbocycles. The molecule has 0 fully saturated rings. The van der Waals surface area contributed by atoms with Crippen molar-refractivity contribution in [3.05, 3.63) is 241 Å². The largest absolute Gasteiger partial charge is 0.456 e. The first-order valence-electron chi connectivity index (χ1n) is 22.3. The van der Waals surface area contributed by atoms with Crippen LogP contribution in [0.3, 0.4) is 0 Å². The van der Waals surface area contributed by atoms with E-state index in [0.29, 0.717) is 0 Å². The maximum Gasteiger partial charge on any atom is 0.160 e. The summed E-state index contributed by atoms with van der Waals surface area (Å²) >= 11 is 0. The van der Waals surface area contributed by atoms with E-state index in [1.807, 2.05) is 12.1 Å². The molecule has 10 aromatic carbocycles. The predicted octanol–water partition coefficient (Wildman–Crippen LogP) is 16.4. The lowest BCUT2D eigenvalue weighted by Gasteiger charge is -2.32. The van der Waals surface area contributed by atoms with Gasteiger partial charge in [0.1, 0.15) is 16.7 Å². The summed E-state index contributed by atoms with van der Waals surface area (Å²) in [6.07, 6.45) is 0. The van der Waals surface area contributed by atoms with Crippen molar-refractivity contribution in [3.8, 4) is 27.9 Å². The van der Waals surface area contributed by atoms with Gasteiger partial charge in [-0.2, -0.15) is 0 Å². The maximum atomic E-state index is 6.78. The van der Waals surface area contributed by atoms with Crippen LogP contribution in [0.15, 0.2) is 227 Å². The average Bonchev–Trinajstić information content (AvgIpc) is 4.16. The summed E-state index contributed by atoms with van der Waals surface area (Å²) in [5.41, 5.74) is 19.8. The summed E-state index contributed by atoms with van der Waals surface area (Å²) in [4.78, 5) is 2.48. The first-order chi connectivity index (χ1) is 32.3. The normalized spacial score (nSPS) is 13.4. The lowest BCUT2D eigenvalue weighted by Crippen LogP contribution is -2.26. The SMILES string of the molecule is c1ccc(-n2c3cc(N(c4ccc5oc6ccccc6c5c4)c4cccc5c4-c4ccccc4C54c5ccccc5-c5ccccc54)ccc3c3ccc4c5ccccc5oc4c32)cc1. The zero-order valence-corrected chi connectivity index (χ0v) is 35.0. The molecule has 4 heteroatoms. The molecule has 2 aliphatic rings. The summed E-state index contributed by atoms with van der Waals surface area (Å²) in [5, 5.41) is 6.71. The number of hydrogen-bond acceptors (Lipinski definition) is 3. The first-order valence-corrected chi connectivity index (χ1v) is 22.3. The Balaban J connectivity index is 1.06. The number of fused-ring (bicyclic) bond motifs is 20. The second kappa shape index (κ2) is 12.7. The molecule has 0 aliphatic heterocycles.